The third-order valence-corrected chi connectivity index (χ3v) is 2.47. The van der Waals surface area contributed by atoms with Crippen molar-refractivity contribution in [3.63, 3.8) is 0 Å². The van der Waals surface area contributed by atoms with Crippen molar-refractivity contribution in [2.24, 2.45) is 5.84 Å². The normalized spacial score (nSPS) is 10.2. The Balaban J connectivity index is 2.28. The van der Waals surface area contributed by atoms with E-state index in [-0.39, 0.29) is 5.75 Å². The molecule has 0 amide bonds. The Hall–Kier alpha value is -2.14. The molecular weight excluding hydrogens is 238 g/mol. The smallest absolute Gasteiger partial charge is 0.165 e. The summed E-state index contributed by atoms with van der Waals surface area (Å²) in [5.41, 5.74) is 4.09. The van der Waals surface area contributed by atoms with Gasteiger partial charge < -0.3 is 10.2 Å². The van der Waals surface area contributed by atoms with Crippen LogP contribution in [0.4, 0.5) is 14.5 Å². The lowest BCUT2D eigenvalue weighted by atomic mass is 10.2. The van der Waals surface area contributed by atoms with Crippen molar-refractivity contribution in [1.82, 2.24) is 0 Å². The van der Waals surface area contributed by atoms with Crippen molar-refractivity contribution in [1.29, 1.82) is 0 Å². The second-order valence-electron chi connectivity index (χ2n) is 3.80. The zero-order valence-electron chi connectivity index (χ0n) is 9.71. The van der Waals surface area contributed by atoms with Crippen molar-refractivity contribution < 1.29 is 13.5 Å². The number of nitrogen functional groups attached to an aromatic ring is 1. The summed E-state index contributed by atoms with van der Waals surface area (Å²) >= 11 is 0. The van der Waals surface area contributed by atoms with E-state index in [4.69, 9.17) is 10.6 Å². The summed E-state index contributed by atoms with van der Waals surface area (Å²) in [6.07, 6.45) is 0. The zero-order chi connectivity index (χ0) is 13.1. The molecule has 5 heteroatoms. The lowest BCUT2D eigenvalue weighted by Crippen LogP contribution is -2.07. The van der Waals surface area contributed by atoms with Crippen LogP contribution in [0.15, 0.2) is 36.4 Å². The molecule has 94 valence electrons. The van der Waals surface area contributed by atoms with Gasteiger partial charge in [0.15, 0.2) is 11.6 Å². The molecule has 3 nitrogen and oxygen atoms in total. The van der Waals surface area contributed by atoms with E-state index in [1.165, 1.54) is 0 Å². The lowest BCUT2D eigenvalue weighted by molar-refractivity contribution is 0.436. The summed E-state index contributed by atoms with van der Waals surface area (Å²) in [5, 5.41) is 0. The van der Waals surface area contributed by atoms with Gasteiger partial charge in [0, 0.05) is 6.07 Å². The Morgan fingerprint density at radius 3 is 2.56 bits per heavy atom. The van der Waals surface area contributed by atoms with Crippen LogP contribution in [0.1, 0.15) is 5.56 Å². The zero-order valence-corrected chi connectivity index (χ0v) is 9.71. The first-order chi connectivity index (χ1) is 8.60. The fourth-order valence-electron chi connectivity index (χ4n) is 1.54. The second-order valence-corrected chi connectivity index (χ2v) is 3.80. The number of hydrazine groups is 1. The maximum absolute atomic E-state index is 13.4. The van der Waals surface area contributed by atoms with Gasteiger partial charge in [0.1, 0.15) is 11.6 Å². The van der Waals surface area contributed by atoms with Crippen LogP contribution in [-0.2, 0) is 0 Å². The largest absolute Gasteiger partial charge is 0.454 e. The first kappa shape index (κ1) is 12.3. The molecule has 0 bridgehead atoms. The average molecular weight is 250 g/mol. The highest BCUT2D eigenvalue weighted by molar-refractivity contribution is 5.53. The van der Waals surface area contributed by atoms with Crippen molar-refractivity contribution in [3.05, 3.63) is 53.6 Å². The molecule has 0 heterocycles. The molecule has 2 rings (SSSR count). The molecule has 0 atom stereocenters. The number of hydrogen-bond donors (Lipinski definition) is 2. The van der Waals surface area contributed by atoms with Crippen LogP contribution < -0.4 is 16.0 Å². The minimum Gasteiger partial charge on any atom is -0.454 e. The van der Waals surface area contributed by atoms with Crippen molar-refractivity contribution in [2.75, 3.05) is 5.43 Å². The van der Waals surface area contributed by atoms with Gasteiger partial charge in [0.05, 0.1) is 5.69 Å². The van der Waals surface area contributed by atoms with E-state index < -0.39 is 11.6 Å². The molecule has 0 unspecified atom stereocenters. The molecule has 0 aliphatic carbocycles. The van der Waals surface area contributed by atoms with Gasteiger partial charge in [-0.1, -0.05) is 0 Å². The second kappa shape index (κ2) is 5.01. The molecule has 0 saturated heterocycles. The van der Waals surface area contributed by atoms with Gasteiger partial charge in [0.2, 0.25) is 0 Å². The van der Waals surface area contributed by atoms with Crippen LogP contribution >= 0.6 is 0 Å². The van der Waals surface area contributed by atoms with E-state index in [1.54, 1.807) is 18.2 Å². The molecule has 0 radical (unpaired) electrons. The average Bonchev–Trinajstić information content (AvgIpc) is 2.34. The molecule has 0 aliphatic heterocycles. The minimum atomic E-state index is -0.616. The Kier molecular flexibility index (Phi) is 3.43. The number of benzene rings is 2. The number of nitrogens with one attached hydrogen (secondary N) is 1. The fraction of sp³-hybridized carbons (Fsp3) is 0.0769. The maximum Gasteiger partial charge on any atom is 0.165 e. The van der Waals surface area contributed by atoms with Crippen LogP contribution in [0.5, 0.6) is 11.5 Å². The van der Waals surface area contributed by atoms with E-state index >= 15 is 0 Å². The van der Waals surface area contributed by atoms with E-state index in [0.29, 0.717) is 5.75 Å². The maximum atomic E-state index is 13.4. The van der Waals surface area contributed by atoms with Crippen LogP contribution in [0.3, 0.4) is 0 Å². The topological polar surface area (TPSA) is 47.3 Å². The number of halogens is 2. The third-order valence-electron chi connectivity index (χ3n) is 2.47. The standard InChI is InChI=1S/C13H12F2N2O/c1-8-6-10(3-5-12(8)17-16)18-13-7-9(14)2-4-11(13)15/h2-7,17H,16H2,1H3. The van der Waals surface area contributed by atoms with E-state index in [9.17, 15) is 8.78 Å². The van der Waals surface area contributed by atoms with Gasteiger partial charge in [-0.3, -0.25) is 5.84 Å². The van der Waals surface area contributed by atoms with Crippen LogP contribution in [0.25, 0.3) is 0 Å². The molecule has 0 spiro atoms. The van der Waals surface area contributed by atoms with Crippen molar-refractivity contribution in [2.45, 2.75) is 6.92 Å². The van der Waals surface area contributed by atoms with Gasteiger partial charge in [-0.25, -0.2) is 8.78 Å². The molecular formula is C13H12F2N2O. The highest BCUT2D eigenvalue weighted by atomic mass is 19.1. The monoisotopic (exact) mass is 250 g/mol. The summed E-state index contributed by atoms with van der Waals surface area (Å²) in [6, 6.07) is 8.05. The first-order valence-electron chi connectivity index (χ1n) is 5.30. The summed E-state index contributed by atoms with van der Waals surface area (Å²) < 4.78 is 31.6. The van der Waals surface area contributed by atoms with Gasteiger partial charge in [-0.2, -0.15) is 0 Å². The third kappa shape index (κ3) is 2.57. The van der Waals surface area contributed by atoms with Gasteiger partial charge in [0.25, 0.3) is 0 Å². The van der Waals surface area contributed by atoms with Crippen LogP contribution in [0.2, 0.25) is 0 Å². The highest BCUT2D eigenvalue weighted by Gasteiger charge is 2.07. The Bertz CT molecular complexity index is 573. The van der Waals surface area contributed by atoms with Gasteiger partial charge in [-0.05, 0) is 42.8 Å². The molecule has 0 aliphatic rings. The first-order valence-corrected chi connectivity index (χ1v) is 5.30. The molecule has 2 aromatic rings. The van der Waals surface area contributed by atoms with Gasteiger partial charge in [-0.15, -0.1) is 0 Å². The quantitative estimate of drug-likeness (QED) is 0.648. The van der Waals surface area contributed by atoms with Gasteiger partial charge >= 0.3 is 0 Å². The molecule has 2 aromatic carbocycles. The Morgan fingerprint density at radius 2 is 1.89 bits per heavy atom. The minimum absolute atomic E-state index is 0.150. The summed E-state index contributed by atoms with van der Waals surface area (Å²) in [7, 11) is 0. The Morgan fingerprint density at radius 1 is 1.11 bits per heavy atom. The number of nitrogens with two attached hydrogens (primary N) is 1. The van der Waals surface area contributed by atoms with Crippen molar-refractivity contribution >= 4 is 5.69 Å². The molecule has 18 heavy (non-hydrogen) atoms. The molecule has 0 aromatic heterocycles. The van der Waals surface area contributed by atoms with Crippen LogP contribution in [0, 0.1) is 18.6 Å². The van der Waals surface area contributed by atoms with Crippen LogP contribution in [-0.4, -0.2) is 0 Å². The summed E-state index contributed by atoms with van der Waals surface area (Å²) in [6.45, 7) is 1.82. The predicted molar refractivity (Wildman–Crippen MR) is 65.4 cm³/mol. The number of anilines is 1. The molecule has 0 fully saturated rings. The number of aryl methyl sites for hydroxylation is 1. The van der Waals surface area contributed by atoms with E-state index in [2.05, 4.69) is 5.43 Å². The SMILES string of the molecule is Cc1cc(Oc2cc(F)ccc2F)ccc1NN. The van der Waals surface area contributed by atoms with Crippen molar-refractivity contribution in [3.8, 4) is 11.5 Å². The fourth-order valence-corrected chi connectivity index (χ4v) is 1.54. The summed E-state index contributed by atoms with van der Waals surface area (Å²) in [4.78, 5) is 0. The number of hydrogen-bond acceptors (Lipinski definition) is 3. The number of rotatable bonds is 3. The Labute approximate surface area is 103 Å². The summed E-state index contributed by atoms with van der Waals surface area (Å²) in [5.74, 6) is 4.39. The lowest BCUT2D eigenvalue weighted by Gasteiger charge is -2.10. The van der Waals surface area contributed by atoms with E-state index in [1.807, 2.05) is 6.92 Å². The predicted octanol–water partition coefficient (Wildman–Crippen LogP) is 3.35. The highest BCUT2D eigenvalue weighted by Crippen LogP contribution is 2.27. The molecule has 3 N–H and O–H groups in total. The number of ether oxygens (including phenoxy) is 1. The van der Waals surface area contributed by atoms with E-state index in [0.717, 1.165) is 29.4 Å². The molecule has 0 saturated carbocycles.